The average Bonchev–Trinajstić information content (AvgIpc) is 3.21. The predicted octanol–water partition coefficient (Wildman–Crippen LogP) is 9.29. The molecule has 0 saturated heterocycles. The van der Waals surface area contributed by atoms with Crippen LogP contribution in [0.1, 0.15) is 63.8 Å². The van der Waals surface area contributed by atoms with Crippen LogP contribution in [0.5, 0.6) is 0 Å². The summed E-state index contributed by atoms with van der Waals surface area (Å²) in [6, 6.07) is 22.3. The van der Waals surface area contributed by atoms with E-state index in [1.54, 1.807) is 0 Å². The van der Waals surface area contributed by atoms with E-state index in [-0.39, 0.29) is 12.5 Å². The van der Waals surface area contributed by atoms with Gasteiger partial charge in [-0.3, -0.25) is 0 Å². The van der Waals surface area contributed by atoms with Gasteiger partial charge in [-0.05, 0) is 55.6 Å². The highest BCUT2D eigenvalue weighted by molar-refractivity contribution is 5.89. The number of hydrogen-bond donors (Lipinski definition) is 1. The number of rotatable bonds is 8. The molecule has 0 unspecified atom stereocenters. The highest BCUT2D eigenvalue weighted by atomic mass is 19.1. The number of benzene rings is 3. The summed E-state index contributed by atoms with van der Waals surface area (Å²) in [5.74, 6) is -0.163. The summed E-state index contributed by atoms with van der Waals surface area (Å²) < 4.78 is 29.9. The van der Waals surface area contributed by atoms with E-state index in [2.05, 4.69) is 34.1 Å². The quantitative estimate of drug-likeness (QED) is 0.235. The largest absolute Gasteiger partial charge is 0.334 e. The maximum atomic E-state index is 15.6. The van der Waals surface area contributed by atoms with E-state index in [9.17, 15) is 4.39 Å². The molecule has 1 N–H and O–H groups in total. The number of hydrogen-bond acceptors (Lipinski definition) is 1. The molecule has 4 aromatic rings. The Hall–Kier alpha value is -2.98. The van der Waals surface area contributed by atoms with Crippen LogP contribution in [0.3, 0.4) is 0 Å². The van der Waals surface area contributed by atoms with Crippen molar-refractivity contribution in [1.82, 2.24) is 9.88 Å². The number of fused-ring (bicyclic) bond motifs is 1. The van der Waals surface area contributed by atoms with Gasteiger partial charge >= 0.3 is 0 Å². The Bertz CT molecular complexity index is 1180. The third-order valence-corrected chi connectivity index (χ3v) is 5.78. The van der Waals surface area contributed by atoms with E-state index in [0.29, 0.717) is 24.2 Å². The SMILES string of the molecule is CC.CC.CC.Cc1ccc2c(c1)c(F)c(-c1ccccc1C)n2Cc1ccc(CCNCCF)cc1. The van der Waals surface area contributed by atoms with Gasteiger partial charge in [-0.1, -0.05) is 102 Å². The van der Waals surface area contributed by atoms with E-state index in [1.165, 1.54) is 5.56 Å². The van der Waals surface area contributed by atoms with Crippen molar-refractivity contribution in [3.8, 4) is 11.3 Å². The molecule has 37 heavy (non-hydrogen) atoms. The van der Waals surface area contributed by atoms with Gasteiger partial charge < -0.3 is 9.88 Å². The molecule has 0 radical (unpaired) electrons. The molecule has 1 aromatic heterocycles. The Balaban J connectivity index is 0.00000106. The van der Waals surface area contributed by atoms with Crippen LogP contribution in [0.25, 0.3) is 22.2 Å². The summed E-state index contributed by atoms with van der Waals surface area (Å²) in [5.41, 5.74) is 6.88. The molecular weight excluding hydrogens is 462 g/mol. The lowest BCUT2D eigenvalue weighted by molar-refractivity contribution is 0.468. The first-order valence-electron chi connectivity index (χ1n) is 13.8. The Labute approximate surface area is 223 Å². The number of aryl methyl sites for hydroxylation is 2. The molecule has 0 spiro atoms. The van der Waals surface area contributed by atoms with E-state index in [1.807, 2.05) is 97.9 Å². The smallest absolute Gasteiger partial charge is 0.156 e. The van der Waals surface area contributed by atoms with Crippen LogP contribution < -0.4 is 5.32 Å². The van der Waals surface area contributed by atoms with Crippen LogP contribution >= 0.6 is 0 Å². The van der Waals surface area contributed by atoms with Gasteiger partial charge in [0.25, 0.3) is 0 Å². The number of nitrogens with zero attached hydrogens (tertiary/aromatic N) is 1. The Morgan fingerprint density at radius 1 is 0.757 bits per heavy atom. The lowest BCUT2D eigenvalue weighted by atomic mass is 10.0. The van der Waals surface area contributed by atoms with Crippen molar-refractivity contribution in [3.05, 3.63) is 94.8 Å². The molecule has 0 atom stereocenters. The Kier molecular flexibility index (Phi) is 15.1. The number of halogens is 2. The molecule has 0 fully saturated rings. The molecule has 202 valence electrons. The summed E-state index contributed by atoms with van der Waals surface area (Å²) in [4.78, 5) is 0. The minimum absolute atomic E-state index is 0.163. The summed E-state index contributed by atoms with van der Waals surface area (Å²) in [7, 11) is 0. The summed E-state index contributed by atoms with van der Waals surface area (Å²) in [6.07, 6.45) is 0.856. The first-order valence-corrected chi connectivity index (χ1v) is 13.8. The fourth-order valence-electron chi connectivity index (χ4n) is 4.11. The van der Waals surface area contributed by atoms with Crippen molar-refractivity contribution < 1.29 is 8.78 Å². The van der Waals surface area contributed by atoms with Crippen molar-refractivity contribution >= 4 is 10.9 Å². The van der Waals surface area contributed by atoms with Gasteiger partial charge in [-0.25, -0.2) is 8.78 Å². The zero-order chi connectivity index (χ0) is 27.8. The standard InChI is InChI=1S/C27H28F2N2.3C2H6/c1-19-7-12-25-24(17-19)26(29)27(23-6-4-3-5-20(23)2)31(25)18-22-10-8-21(9-11-22)13-15-30-16-14-28;3*1-2/h3-12,17,30H,13-16,18H2,1-2H3;3*1-2H3. The molecule has 2 nitrogen and oxygen atoms in total. The summed E-state index contributed by atoms with van der Waals surface area (Å²) in [5, 5.41) is 3.74. The molecule has 0 bridgehead atoms. The molecule has 0 aliphatic heterocycles. The number of nitrogens with one attached hydrogen (secondary N) is 1. The van der Waals surface area contributed by atoms with Gasteiger partial charge in [0, 0.05) is 24.0 Å². The topological polar surface area (TPSA) is 17.0 Å². The number of aromatic nitrogens is 1. The molecule has 3 aromatic carbocycles. The molecular formula is C33H46F2N2. The van der Waals surface area contributed by atoms with Gasteiger partial charge in [-0.2, -0.15) is 0 Å². The molecule has 4 heteroatoms. The Morgan fingerprint density at radius 2 is 1.38 bits per heavy atom. The van der Waals surface area contributed by atoms with E-state index < -0.39 is 0 Å². The first kappa shape index (κ1) is 32.0. The van der Waals surface area contributed by atoms with Gasteiger partial charge in [0.2, 0.25) is 0 Å². The van der Waals surface area contributed by atoms with Crippen molar-refractivity contribution in [3.63, 3.8) is 0 Å². The van der Waals surface area contributed by atoms with Crippen LogP contribution in [-0.4, -0.2) is 24.3 Å². The monoisotopic (exact) mass is 508 g/mol. The fraction of sp³-hybridized carbons (Fsp3) is 0.394. The first-order chi connectivity index (χ1) is 18.1. The zero-order valence-electron chi connectivity index (χ0n) is 24.1. The third kappa shape index (κ3) is 8.53. The van der Waals surface area contributed by atoms with Crippen LogP contribution in [0, 0.1) is 19.7 Å². The lowest BCUT2D eigenvalue weighted by Crippen LogP contribution is -2.19. The van der Waals surface area contributed by atoms with Gasteiger partial charge in [-0.15, -0.1) is 0 Å². The van der Waals surface area contributed by atoms with E-state index in [0.717, 1.165) is 40.7 Å². The lowest BCUT2D eigenvalue weighted by Gasteiger charge is -2.13. The molecule has 0 amide bonds. The zero-order valence-corrected chi connectivity index (χ0v) is 24.1. The van der Waals surface area contributed by atoms with Gasteiger partial charge in [0.1, 0.15) is 6.67 Å². The maximum Gasteiger partial charge on any atom is 0.156 e. The van der Waals surface area contributed by atoms with Crippen molar-refractivity contribution in [2.24, 2.45) is 0 Å². The van der Waals surface area contributed by atoms with Crippen LogP contribution in [0.15, 0.2) is 66.7 Å². The minimum Gasteiger partial charge on any atom is -0.334 e. The highest BCUT2D eigenvalue weighted by Gasteiger charge is 2.20. The van der Waals surface area contributed by atoms with Crippen LogP contribution in [-0.2, 0) is 13.0 Å². The van der Waals surface area contributed by atoms with E-state index in [4.69, 9.17) is 0 Å². The molecule has 0 aliphatic rings. The maximum absolute atomic E-state index is 15.6. The average molecular weight is 509 g/mol. The second kappa shape index (κ2) is 17.5. The molecule has 0 aliphatic carbocycles. The fourth-order valence-corrected chi connectivity index (χ4v) is 4.11. The minimum atomic E-state index is -0.344. The van der Waals surface area contributed by atoms with Crippen molar-refractivity contribution in [2.45, 2.75) is 68.4 Å². The highest BCUT2D eigenvalue weighted by Crippen LogP contribution is 2.35. The molecule has 4 rings (SSSR count). The summed E-state index contributed by atoms with van der Waals surface area (Å²) in [6.45, 7) is 17.4. The normalized spacial score (nSPS) is 10.0. The summed E-state index contributed by atoms with van der Waals surface area (Å²) >= 11 is 0. The second-order valence-corrected chi connectivity index (χ2v) is 8.09. The van der Waals surface area contributed by atoms with Crippen LogP contribution in [0.2, 0.25) is 0 Å². The van der Waals surface area contributed by atoms with Gasteiger partial charge in [0.15, 0.2) is 5.82 Å². The van der Waals surface area contributed by atoms with Crippen molar-refractivity contribution in [2.75, 3.05) is 19.8 Å². The molecule has 0 saturated carbocycles. The van der Waals surface area contributed by atoms with Crippen LogP contribution in [0.4, 0.5) is 8.78 Å². The van der Waals surface area contributed by atoms with Gasteiger partial charge in [0.05, 0.1) is 11.2 Å². The second-order valence-electron chi connectivity index (χ2n) is 8.09. The number of alkyl halides is 1. The molecule has 1 heterocycles. The Morgan fingerprint density at radius 3 is 2.00 bits per heavy atom. The predicted molar refractivity (Wildman–Crippen MR) is 159 cm³/mol. The third-order valence-electron chi connectivity index (χ3n) is 5.78. The van der Waals surface area contributed by atoms with E-state index >= 15 is 4.39 Å². The van der Waals surface area contributed by atoms with Crippen molar-refractivity contribution in [1.29, 1.82) is 0 Å².